The van der Waals surface area contributed by atoms with Crippen LogP contribution >= 0.6 is 31.9 Å². The summed E-state index contributed by atoms with van der Waals surface area (Å²) in [7, 11) is 0. The fraction of sp³-hybridized carbons (Fsp3) is 0.143. The summed E-state index contributed by atoms with van der Waals surface area (Å²) in [4.78, 5) is 14.5. The predicted octanol–water partition coefficient (Wildman–Crippen LogP) is 5.94. The van der Waals surface area contributed by atoms with E-state index in [2.05, 4.69) is 47.4 Å². The molecule has 0 aliphatic heterocycles. The molecule has 1 heterocycles. The Labute approximate surface area is 195 Å². The molecule has 0 aliphatic carbocycles. The lowest BCUT2D eigenvalue weighted by Crippen LogP contribution is -2.02. The van der Waals surface area contributed by atoms with Crippen molar-refractivity contribution < 1.29 is 14.4 Å². The molecule has 0 aliphatic rings. The Kier molecular flexibility index (Phi) is 7.96. The molecule has 0 saturated carbocycles. The number of benzene rings is 2. The Balaban J connectivity index is 1.77. The summed E-state index contributed by atoms with van der Waals surface area (Å²) in [6.45, 7) is 2.74. The van der Waals surface area contributed by atoms with Gasteiger partial charge in [0.25, 0.3) is 0 Å². The molecular formula is C21H18Br2N4O4. The molecule has 160 valence electrons. The van der Waals surface area contributed by atoms with Gasteiger partial charge in [0.2, 0.25) is 5.82 Å². The minimum atomic E-state index is -0.522. The van der Waals surface area contributed by atoms with Crippen LogP contribution in [0.4, 0.5) is 11.5 Å². The predicted molar refractivity (Wildman–Crippen MR) is 126 cm³/mol. The van der Waals surface area contributed by atoms with E-state index in [1.54, 1.807) is 12.1 Å². The molecule has 0 amide bonds. The fourth-order valence-electron chi connectivity index (χ4n) is 2.57. The van der Waals surface area contributed by atoms with Crippen LogP contribution in [0.5, 0.6) is 11.5 Å². The number of hydrogen-bond donors (Lipinski definition) is 1. The van der Waals surface area contributed by atoms with Crippen molar-refractivity contribution >= 4 is 49.6 Å². The Morgan fingerprint density at radius 3 is 2.61 bits per heavy atom. The van der Waals surface area contributed by atoms with E-state index in [1.807, 2.05) is 31.2 Å². The monoisotopic (exact) mass is 548 g/mol. The Hall–Kier alpha value is -2.98. The molecule has 0 spiro atoms. The van der Waals surface area contributed by atoms with Crippen LogP contribution in [0.1, 0.15) is 18.1 Å². The first-order valence-electron chi connectivity index (χ1n) is 9.20. The van der Waals surface area contributed by atoms with Gasteiger partial charge in [0.15, 0.2) is 11.5 Å². The highest BCUT2D eigenvalue weighted by molar-refractivity contribution is 9.10. The van der Waals surface area contributed by atoms with Crippen LogP contribution in [0.15, 0.2) is 68.8 Å². The van der Waals surface area contributed by atoms with Crippen molar-refractivity contribution in [2.45, 2.75) is 13.5 Å². The number of rotatable bonds is 9. The van der Waals surface area contributed by atoms with Crippen LogP contribution < -0.4 is 14.9 Å². The Morgan fingerprint density at radius 2 is 1.90 bits per heavy atom. The van der Waals surface area contributed by atoms with Crippen molar-refractivity contribution in [1.29, 1.82) is 0 Å². The summed E-state index contributed by atoms with van der Waals surface area (Å²) < 4.78 is 13.4. The lowest BCUT2D eigenvalue weighted by Gasteiger charge is -2.14. The van der Waals surface area contributed by atoms with Gasteiger partial charge < -0.3 is 9.47 Å². The number of nitrogens with one attached hydrogen (secondary N) is 1. The molecule has 0 unspecified atom stereocenters. The molecule has 1 N–H and O–H groups in total. The molecular weight excluding hydrogens is 532 g/mol. The first-order chi connectivity index (χ1) is 15.0. The summed E-state index contributed by atoms with van der Waals surface area (Å²) in [5.74, 6) is 1.20. The molecule has 3 aromatic rings. The van der Waals surface area contributed by atoms with Crippen molar-refractivity contribution in [2.24, 2.45) is 5.10 Å². The maximum absolute atomic E-state index is 11.1. The molecule has 10 heteroatoms. The number of hydrogen-bond acceptors (Lipinski definition) is 7. The van der Waals surface area contributed by atoms with Crippen LogP contribution in [0.25, 0.3) is 0 Å². The normalized spacial score (nSPS) is 10.8. The van der Waals surface area contributed by atoms with E-state index in [9.17, 15) is 10.1 Å². The quantitative estimate of drug-likeness (QED) is 0.201. The average molecular weight is 550 g/mol. The van der Waals surface area contributed by atoms with Gasteiger partial charge in [-0.25, -0.2) is 4.98 Å². The van der Waals surface area contributed by atoms with E-state index < -0.39 is 4.92 Å². The second kappa shape index (κ2) is 10.9. The third-order valence-electron chi connectivity index (χ3n) is 4.03. The molecule has 0 saturated heterocycles. The zero-order valence-electron chi connectivity index (χ0n) is 16.4. The second-order valence-electron chi connectivity index (χ2n) is 6.17. The van der Waals surface area contributed by atoms with Gasteiger partial charge in [-0.15, -0.1) is 0 Å². The van der Waals surface area contributed by atoms with Crippen LogP contribution in [-0.2, 0) is 6.61 Å². The third kappa shape index (κ3) is 6.25. The maximum atomic E-state index is 11.1. The summed E-state index contributed by atoms with van der Waals surface area (Å²) in [6, 6.07) is 14.3. The summed E-state index contributed by atoms with van der Waals surface area (Å²) in [5.41, 5.74) is 4.17. The van der Waals surface area contributed by atoms with Gasteiger partial charge >= 0.3 is 5.69 Å². The summed E-state index contributed by atoms with van der Waals surface area (Å²) in [5, 5.41) is 15.2. The summed E-state index contributed by atoms with van der Waals surface area (Å²) >= 11 is 6.92. The smallest absolute Gasteiger partial charge is 0.313 e. The molecule has 8 nitrogen and oxygen atoms in total. The van der Waals surface area contributed by atoms with Crippen LogP contribution in [0.3, 0.4) is 0 Å². The molecule has 0 atom stereocenters. The van der Waals surface area contributed by atoms with E-state index in [0.717, 1.165) is 14.5 Å². The molecule has 2 aromatic carbocycles. The van der Waals surface area contributed by atoms with E-state index in [4.69, 9.17) is 9.47 Å². The highest BCUT2D eigenvalue weighted by Crippen LogP contribution is 2.34. The Bertz CT molecular complexity index is 1090. The standard InChI is InChI=1S/C21H18Br2N4O4/c1-2-30-19-10-15(12-25-26-21-18(27(28)29)4-3-9-24-21)17(23)11-20(19)31-13-14-5-7-16(22)8-6-14/h3-12H,2,13H2,1H3,(H,24,26)/b25-12-. The average Bonchev–Trinajstić information content (AvgIpc) is 2.76. The zero-order valence-corrected chi connectivity index (χ0v) is 19.6. The van der Waals surface area contributed by atoms with Gasteiger partial charge in [0, 0.05) is 26.8 Å². The number of hydrazone groups is 1. The van der Waals surface area contributed by atoms with Gasteiger partial charge in [-0.05, 0) is 58.7 Å². The van der Waals surface area contributed by atoms with Gasteiger partial charge in [-0.2, -0.15) is 5.10 Å². The van der Waals surface area contributed by atoms with Gasteiger partial charge in [0.1, 0.15) is 6.61 Å². The lowest BCUT2D eigenvalue weighted by atomic mass is 10.2. The highest BCUT2D eigenvalue weighted by atomic mass is 79.9. The third-order valence-corrected chi connectivity index (χ3v) is 5.24. The van der Waals surface area contributed by atoms with Crippen LogP contribution in [0, 0.1) is 10.1 Å². The molecule has 1 aromatic heterocycles. The number of ether oxygens (including phenoxy) is 2. The molecule has 0 bridgehead atoms. The van der Waals surface area contributed by atoms with Crippen molar-refractivity contribution in [1.82, 2.24) is 4.98 Å². The summed E-state index contributed by atoms with van der Waals surface area (Å²) in [6.07, 6.45) is 2.97. The number of anilines is 1. The maximum Gasteiger partial charge on any atom is 0.313 e. The minimum Gasteiger partial charge on any atom is -0.490 e. The number of pyridine rings is 1. The SMILES string of the molecule is CCOc1cc(/C=N\Nc2ncccc2[N+](=O)[O-])c(Br)cc1OCc1ccc(Br)cc1. The fourth-order valence-corrected chi connectivity index (χ4v) is 3.25. The minimum absolute atomic E-state index is 0.0550. The second-order valence-corrected chi connectivity index (χ2v) is 7.94. The zero-order chi connectivity index (χ0) is 22.2. The molecule has 0 radical (unpaired) electrons. The lowest BCUT2D eigenvalue weighted by molar-refractivity contribution is -0.384. The van der Waals surface area contributed by atoms with E-state index in [-0.39, 0.29) is 11.5 Å². The Morgan fingerprint density at radius 1 is 1.16 bits per heavy atom. The molecule has 3 rings (SSSR count). The highest BCUT2D eigenvalue weighted by Gasteiger charge is 2.14. The van der Waals surface area contributed by atoms with E-state index in [0.29, 0.717) is 30.3 Å². The van der Waals surface area contributed by atoms with Crippen molar-refractivity contribution in [3.05, 3.63) is 84.9 Å². The van der Waals surface area contributed by atoms with Crippen LogP contribution in [-0.4, -0.2) is 22.7 Å². The first kappa shape index (κ1) is 22.7. The number of nitrogens with zero attached hydrogens (tertiary/aromatic N) is 3. The van der Waals surface area contributed by atoms with Crippen LogP contribution in [0.2, 0.25) is 0 Å². The van der Waals surface area contributed by atoms with Gasteiger partial charge in [-0.1, -0.05) is 28.1 Å². The van der Waals surface area contributed by atoms with Crippen molar-refractivity contribution in [3.8, 4) is 11.5 Å². The molecule has 0 fully saturated rings. The topological polar surface area (TPSA) is 98.9 Å². The van der Waals surface area contributed by atoms with E-state index in [1.165, 1.54) is 24.5 Å². The number of aromatic nitrogens is 1. The van der Waals surface area contributed by atoms with E-state index >= 15 is 0 Å². The van der Waals surface area contributed by atoms with Crippen molar-refractivity contribution in [3.63, 3.8) is 0 Å². The number of nitro groups is 1. The first-order valence-corrected chi connectivity index (χ1v) is 10.8. The largest absolute Gasteiger partial charge is 0.490 e. The number of halogens is 2. The van der Waals surface area contributed by atoms with Crippen molar-refractivity contribution in [2.75, 3.05) is 12.0 Å². The molecule has 31 heavy (non-hydrogen) atoms. The van der Waals surface area contributed by atoms with Gasteiger partial charge in [-0.3, -0.25) is 15.5 Å². The van der Waals surface area contributed by atoms with Gasteiger partial charge in [0.05, 0.1) is 17.7 Å².